The molecule has 40 heavy (non-hydrogen) atoms. The molecule has 0 spiro atoms. The number of amides is 3. The minimum absolute atomic E-state index is 0.0217. The van der Waals surface area contributed by atoms with Crippen molar-refractivity contribution in [3.8, 4) is 5.75 Å². The van der Waals surface area contributed by atoms with E-state index in [2.05, 4.69) is 0 Å². The number of ether oxygens (including phenoxy) is 1. The van der Waals surface area contributed by atoms with Crippen LogP contribution in [0.5, 0.6) is 5.75 Å². The Morgan fingerprint density at radius 3 is 2.05 bits per heavy atom. The molecule has 0 aromatic heterocycles. The first kappa shape index (κ1) is 27.8. The van der Waals surface area contributed by atoms with Gasteiger partial charge in [0.25, 0.3) is 11.8 Å². The summed E-state index contributed by atoms with van der Waals surface area (Å²) < 4.78 is 32.8. The molecule has 0 bridgehead atoms. The van der Waals surface area contributed by atoms with Crippen molar-refractivity contribution >= 4 is 45.0 Å². The van der Waals surface area contributed by atoms with Gasteiger partial charge >= 0.3 is 0 Å². The molecule has 2 heterocycles. The SMILES string of the molecule is COc1ccc(N(CCN2C(=O)c3ccccc3C2=O)C(=O)C2CCN(S(=O)(=O)c3ccc(Cl)cc3)CC2)cc1. The Kier molecular flexibility index (Phi) is 7.93. The van der Waals surface area contributed by atoms with Crippen molar-refractivity contribution in [1.82, 2.24) is 9.21 Å². The number of halogens is 1. The summed E-state index contributed by atoms with van der Waals surface area (Å²) in [7, 11) is -2.17. The maximum absolute atomic E-state index is 13.8. The van der Waals surface area contributed by atoms with E-state index in [1.165, 1.54) is 28.6 Å². The summed E-state index contributed by atoms with van der Waals surface area (Å²) in [5.41, 5.74) is 1.30. The molecule has 5 rings (SSSR count). The molecule has 0 N–H and O–H groups in total. The Labute approximate surface area is 237 Å². The van der Waals surface area contributed by atoms with E-state index >= 15 is 0 Å². The number of fused-ring (bicyclic) bond motifs is 1. The predicted molar refractivity (Wildman–Crippen MR) is 150 cm³/mol. The summed E-state index contributed by atoms with van der Waals surface area (Å²) in [6.07, 6.45) is 0.677. The normalized spacial score (nSPS) is 16.2. The molecule has 208 valence electrons. The topological polar surface area (TPSA) is 104 Å². The molecule has 0 radical (unpaired) electrons. The quantitative estimate of drug-likeness (QED) is 0.371. The summed E-state index contributed by atoms with van der Waals surface area (Å²) in [5.74, 6) is -0.768. The summed E-state index contributed by atoms with van der Waals surface area (Å²) in [4.78, 5) is 42.5. The molecule has 11 heteroatoms. The number of carbonyl (C=O) groups excluding carboxylic acids is 3. The average Bonchev–Trinajstić information content (AvgIpc) is 3.22. The van der Waals surface area contributed by atoms with Crippen molar-refractivity contribution in [3.63, 3.8) is 0 Å². The summed E-state index contributed by atoms with van der Waals surface area (Å²) in [6.45, 7) is 0.500. The highest BCUT2D eigenvalue weighted by Crippen LogP contribution is 2.29. The fourth-order valence-corrected chi connectivity index (χ4v) is 6.69. The lowest BCUT2D eigenvalue weighted by atomic mass is 9.96. The molecule has 3 aromatic carbocycles. The number of nitrogens with zero attached hydrogens (tertiary/aromatic N) is 3. The molecule has 9 nitrogen and oxygen atoms in total. The van der Waals surface area contributed by atoms with Gasteiger partial charge in [0.05, 0.1) is 23.1 Å². The molecule has 0 aliphatic carbocycles. The van der Waals surface area contributed by atoms with Crippen LogP contribution in [-0.4, -0.2) is 68.6 Å². The summed E-state index contributed by atoms with van der Waals surface area (Å²) in [6, 6.07) is 19.6. The van der Waals surface area contributed by atoms with Gasteiger partial charge < -0.3 is 9.64 Å². The monoisotopic (exact) mass is 581 g/mol. The van der Waals surface area contributed by atoms with Crippen molar-refractivity contribution in [2.75, 3.05) is 38.2 Å². The first-order chi connectivity index (χ1) is 19.2. The van der Waals surface area contributed by atoms with Crippen molar-refractivity contribution in [3.05, 3.63) is 88.9 Å². The van der Waals surface area contributed by atoms with Crippen LogP contribution < -0.4 is 9.64 Å². The van der Waals surface area contributed by atoms with E-state index in [4.69, 9.17) is 16.3 Å². The van der Waals surface area contributed by atoms with Gasteiger partial charge in [-0.15, -0.1) is 0 Å². The number of hydrogen-bond acceptors (Lipinski definition) is 6. The molecule has 0 atom stereocenters. The van der Waals surface area contributed by atoms with E-state index in [1.54, 1.807) is 60.5 Å². The highest BCUT2D eigenvalue weighted by Gasteiger charge is 2.37. The Morgan fingerprint density at radius 1 is 0.925 bits per heavy atom. The Hall–Kier alpha value is -3.73. The van der Waals surface area contributed by atoms with Crippen molar-refractivity contribution in [2.45, 2.75) is 17.7 Å². The second-order valence-electron chi connectivity index (χ2n) is 9.63. The fraction of sp³-hybridized carbons (Fsp3) is 0.276. The average molecular weight is 582 g/mol. The van der Waals surface area contributed by atoms with Crippen LogP contribution >= 0.6 is 11.6 Å². The van der Waals surface area contributed by atoms with Gasteiger partial charge in [-0.3, -0.25) is 19.3 Å². The summed E-state index contributed by atoms with van der Waals surface area (Å²) >= 11 is 5.91. The third-order valence-electron chi connectivity index (χ3n) is 7.33. The number of piperidine rings is 1. The Balaban J connectivity index is 1.31. The van der Waals surface area contributed by atoms with Crippen LogP contribution in [0.1, 0.15) is 33.6 Å². The maximum atomic E-state index is 13.8. The number of benzene rings is 3. The van der Waals surface area contributed by atoms with Crippen LogP contribution in [0.2, 0.25) is 5.02 Å². The van der Waals surface area contributed by atoms with Gasteiger partial charge in [-0.05, 0) is 73.5 Å². The number of anilines is 1. The zero-order chi connectivity index (χ0) is 28.4. The number of sulfonamides is 1. The van der Waals surface area contributed by atoms with Gasteiger partial charge in [0.2, 0.25) is 15.9 Å². The van der Waals surface area contributed by atoms with E-state index in [0.29, 0.717) is 40.4 Å². The Morgan fingerprint density at radius 2 is 1.50 bits per heavy atom. The summed E-state index contributed by atoms with van der Waals surface area (Å²) in [5, 5.41) is 0.447. The lowest BCUT2D eigenvalue weighted by Gasteiger charge is -2.34. The standard InChI is InChI=1S/C29H28ClN3O6S/c1-39-23-10-8-22(9-11-23)32(18-19-33-28(35)25-4-2-3-5-26(25)29(33)36)27(34)20-14-16-31(17-15-20)40(37,38)24-12-6-21(30)7-13-24/h2-13,20H,14-19H2,1H3. The lowest BCUT2D eigenvalue weighted by molar-refractivity contribution is -0.123. The van der Waals surface area contributed by atoms with Crippen molar-refractivity contribution < 1.29 is 27.5 Å². The fourth-order valence-electron chi connectivity index (χ4n) is 5.09. The van der Waals surface area contributed by atoms with E-state index in [0.717, 1.165) is 4.90 Å². The third-order valence-corrected chi connectivity index (χ3v) is 9.49. The van der Waals surface area contributed by atoms with Crippen molar-refractivity contribution in [1.29, 1.82) is 0 Å². The van der Waals surface area contributed by atoms with Crippen LogP contribution in [0.4, 0.5) is 5.69 Å². The zero-order valence-corrected chi connectivity index (χ0v) is 23.4. The lowest BCUT2D eigenvalue weighted by Crippen LogP contribution is -2.47. The van der Waals surface area contributed by atoms with Gasteiger partial charge in [0, 0.05) is 42.8 Å². The smallest absolute Gasteiger partial charge is 0.261 e. The van der Waals surface area contributed by atoms with E-state index in [-0.39, 0.29) is 48.8 Å². The number of imide groups is 1. The number of methoxy groups -OCH3 is 1. The van der Waals surface area contributed by atoms with Gasteiger partial charge in [0.15, 0.2) is 0 Å². The zero-order valence-electron chi connectivity index (χ0n) is 21.8. The molecule has 2 aliphatic rings. The number of hydrogen-bond donors (Lipinski definition) is 0. The van der Waals surface area contributed by atoms with Gasteiger partial charge in [-0.2, -0.15) is 4.31 Å². The second-order valence-corrected chi connectivity index (χ2v) is 12.0. The van der Waals surface area contributed by atoms with Gasteiger partial charge in [-0.25, -0.2) is 8.42 Å². The van der Waals surface area contributed by atoms with Crippen LogP contribution in [0, 0.1) is 5.92 Å². The molecule has 1 fully saturated rings. The van der Waals surface area contributed by atoms with Crippen molar-refractivity contribution in [2.24, 2.45) is 5.92 Å². The van der Waals surface area contributed by atoms with Crippen LogP contribution in [0.25, 0.3) is 0 Å². The molecule has 3 aromatic rings. The first-order valence-electron chi connectivity index (χ1n) is 12.9. The van der Waals surface area contributed by atoms with Gasteiger partial charge in [-0.1, -0.05) is 23.7 Å². The molecule has 2 aliphatic heterocycles. The van der Waals surface area contributed by atoms with E-state index in [1.807, 2.05) is 0 Å². The first-order valence-corrected chi connectivity index (χ1v) is 14.7. The molecule has 0 saturated carbocycles. The minimum Gasteiger partial charge on any atom is -0.497 e. The van der Waals surface area contributed by atoms with Crippen LogP contribution in [0.15, 0.2) is 77.7 Å². The number of carbonyl (C=O) groups is 3. The van der Waals surface area contributed by atoms with Gasteiger partial charge in [0.1, 0.15) is 5.75 Å². The highest BCUT2D eigenvalue weighted by atomic mass is 35.5. The van der Waals surface area contributed by atoms with Crippen LogP contribution in [0.3, 0.4) is 0 Å². The van der Waals surface area contributed by atoms with E-state index in [9.17, 15) is 22.8 Å². The molecular formula is C29H28ClN3O6S. The molecule has 0 unspecified atom stereocenters. The maximum Gasteiger partial charge on any atom is 0.261 e. The Bertz CT molecular complexity index is 1500. The predicted octanol–water partition coefficient (Wildman–Crippen LogP) is 4.08. The highest BCUT2D eigenvalue weighted by molar-refractivity contribution is 7.89. The number of rotatable bonds is 8. The van der Waals surface area contributed by atoms with Crippen LogP contribution in [-0.2, 0) is 14.8 Å². The molecular weight excluding hydrogens is 554 g/mol. The third kappa shape index (κ3) is 5.34. The van der Waals surface area contributed by atoms with E-state index < -0.39 is 15.9 Å². The molecule has 1 saturated heterocycles. The second kappa shape index (κ2) is 11.4. The molecule has 3 amide bonds. The minimum atomic E-state index is -3.71. The largest absolute Gasteiger partial charge is 0.497 e.